The Bertz CT molecular complexity index is 352. The number of halogens is 2. The molecule has 0 aliphatic heterocycles. The molecule has 68 valence electrons. The molecule has 0 bridgehead atoms. The van der Waals surface area contributed by atoms with E-state index in [1.165, 1.54) is 12.1 Å². The molecular formula is C10H9BrFN. The van der Waals surface area contributed by atoms with Crippen molar-refractivity contribution >= 4 is 15.9 Å². The summed E-state index contributed by atoms with van der Waals surface area (Å²) in [4.78, 5) is 0. The lowest BCUT2D eigenvalue weighted by atomic mass is 10.2. The summed E-state index contributed by atoms with van der Waals surface area (Å²) in [5.74, 6) is 5.45. The van der Waals surface area contributed by atoms with Gasteiger partial charge in [0.2, 0.25) is 0 Å². The number of rotatable bonds is 1. The minimum atomic E-state index is -0.267. The van der Waals surface area contributed by atoms with Crippen LogP contribution in [0.1, 0.15) is 5.56 Å². The molecule has 3 heteroatoms. The molecule has 0 amide bonds. The van der Waals surface area contributed by atoms with Crippen molar-refractivity contribution in [2.24, 2.45) is 0 Å². The fraction of sp³-hybridized carbons (Fsp3) is 0.200. The van der Waals surface area contributed by atoms with Gasteiger partial charge in [0.1, 0.15) is 5.82 Å². The predicted molar refractivity (Wildman–Crippen MR) is 54.9 cm³/mol. The van der Waals surface area contributed by atoms with E-state index < -0.39 is 0 Å². The second kappa shape index (κ2) is 5.00. The van der Waals surface area contributed by atoms with E-state index in [1.54, 1.807) is 6.07 Å². The third-order valence-corrected chi connectivity index (χ3v) is 2.11. The van der Waals surface area contributed by atoms with Gasteiger partial charge in [-0.2, -0.15) is 0 Å². The topological polar surface area (TPSA) is 12.0 Å². The normalized spacial score (nSPS) is 9.15. The van der Waals surface area contributed by atoms with Crippen LogP contribution in [0.2, 0.25) is 0 Å². The molecule has 13 heavy (non-hydrogen) atoms. The number of hydrogen-bond donors (Lipinski definition) is 1. The average molecular weight is 242 g/mol. The van der Waals surface area contributed by atoms with Crippen molar-refractivity contribution in [2.75, 3.05) is 13.6 Å². The second-order valence-corrected chi connectivity index (χ2v) is 3.31. The van der Waals surface area contributed by atoms with E-state index in [1.807, 2.05) is 7.05 Å². The van der Waals surface area contributed by atoms with E-state index in [0.29, 0.717) is 12.1 Å². The smallest absolute Gasteiger partial charge is 0.124 e. The molecule has 0 aliphatic rings. The van der Waals surface area contributed by atoms with Gasteiger partial charge < -0.3 is 5.32 Å². The zero-order valence-corrected chi connectivity index (χ0v) is 8.78. The molecule has 0 saturated heterocycles. The molecule has 0 spiro atoms. The molecule has 0 saturated carbocycles. The van der Waals surface area contributed by atoms with Crippen molar-refractivity contribution in [2.45, 2.75) is 0 Å². The fourth-order valence-corrected chi connectivity index (χ4v) is 1.17. The van der Waals surface area contributed by atoms with E-state index in [-0.39, 0.29) is 5.82 Å². The highest BCUT2D eigenvalue weighted by Crippen LogP contribution is 2.16. The molecule has 0 aromatic heterocycles. The summed E-state index contributed by atoms with van der Waals surface area (Å²) in [6.45, 7) is 0.600. The van der Waals surface area contributed by atoms with Crippen molar-refractivity contribution in [1.82, 2.24) is 5.32 Å². The van der Waals surface area contributed by atoms with E-state index in [0.717, 1.165) is 4.47 Å². The summed E-state index contributed by atoms with van der Waals surface area (Å²) in [5.41, 5.74) is 0.676. The lowest BCUT2D eigenvalue weighted by Crippen LogP contribution is -2.04. The molecule has 1 aromatic carbocycles. The van der Waals surface area contributed by atoms with E-state index in [9.17, 15) is 4.39 Å². The molecule has 0 heterocycles. The lowest BCUT2D eigenvalue weighted by molar-refractivity contribution is 0.627. The van der Waals surface area contributed by atoms with Gasteiger partial charge in [0, 0.05) is 10.0 Å². The first-order valence-electron chi connectivity index (χ1n) is 3.82. The number of nitrogens with one attached hydrogen (secondary N) is 1. The summed E-state index contributed by atoms with van der Waals surface area (Å²) in [7, 11) is 1.81. The SMILES string of the molecule is CNCC#Cc1cc(F)ccc1Br. The van der Waals surface area contributed by atoms with Gasteiger partial charge in [0.05, 0.1) is 6.54 Å². The van der Waals surface area contributed by atoms with E-state index in [4.69, 9.17) is 0 Å². The molecule has 0 radical (unpaired) electrons. The Morgan fingerprint density at radius 2 is 2.31 bits per heavy atom. The largest absolute Gasteiger partial charge is 0.309 e. The van der Waals surface area contributed by atoms with Crippen molar-refractivity contribution in [3.63, 3.8) is 0 Å². The molecule has 0 atom stereocenters. The number of hydrogen-bond acceptors (Lipinski definition) is 1. The highest BCUT2D eigenvalue weighted by Gasteiger charge is 1.97. The van der Waals surface area contributed by atoms with Gasteiger partial charge in [-0.25, -0.2) is 4.39 Å². The molecular weight excluding hydrogens is 233 g/mol. The Hall–Kier alpha value is -0.850. The van der Waals surface area contributed by atoms with Crippen molar-refractivity contribution in [1.29, 1.82) is 0 Å². The zero-order valence-electron chi connectivity index (χ0n) is 7.20. The van der Waals surface area contributed by atoms with E-state index in [2.05, 4.69) is 33.1 Å². The highest BCUT2D eigenvalue weighted by atomic mass is 79.9. The van der Waals surface area contributed by atoms with Crippen LogP contribution >= 0.6 is 15.9 Å². The van der Waals surface area contributed by atoms with Crippen LogP contribution in [-0.2, 0) is 0 Å². The van der Waals surface area contributed by atoms with Crippen LogP contribution in [-0.4, -0.2) is 13.6 Å². The maximum absolute atomic E-state index is 12.8. The molecule has 0 unspecified atom stereocenters. The van der Waals surface area contributed by atoms with Crippen molar-refractivity contribution < 1.29 is 4.39 Å². The fourth-order valence-electron chi connectivity index (χ4n) is 0.821. The van der Waals surface area contributed by atoms with Crippen LogP contribution in [0.15, 0.2) is 22.7 Å². The molecule has 0 fully saturated rings. The first-order valence-corrected chi connectivity index (χ1v) is 4.62. The van der Waals surface area contributed by atoms with Gasteiger partial charge >= 0.3 is 0 Å². The van der Waals surface area contributed by atoms with Gasteiger partial charge in [-0.05, 0) is 41.2 Å². The standard InChI is InChI=1S/C10H9BrFN/c1-13-6-2-3-8-7-9(12)4-5-10(8)11/h4-5,7,13H,6H2,1H3. The van der Waals surface area contributed by atoms with Crippen molar-refractivity contribution in [3.05, 3.63) is 34.1 Å². The third-order valence-electron chi connectivity index (χ3n) is 1.42. The maximum atomic E-state index is 12.8. The van der Waals surface area contributed by atoms with Gasteiger partial charge in [-0.15, -0.1) is 0 Å². The lowest BCUT2D eigenvalue weighted by Gasteiger charge is -1.95. The summed E-state index contributed by atoms with van der Waals surface area (Å²) in [6, 6.07) is 4.46. The molecule has 1 nitrogen and oxygen atoms in total. The van der Waals surface area contributed by atoms with Gasteiger partial charge in [0.15, 0.2) is 0 Å². The van der Waals surface area contributed by atoms with E-state index >= 15 is 0 Å². The van der Waals surface area contributed by atoms with Crippen LogP contribution in [0.5, 0.6) is 0 Å². The van der Waals surface area contributed by atoms with Gasteiger partial charge in [-0.1, -0.05) is 11.8 Å². The Labute approximate surface area is 85.5 Å². The van der Waals surface area contributed by atoms with Crippen LogP contribution in [0.4, 0.5) is 4.39 Å². The van der Waals surface area contributed by atoms with Crippen LogP contribution in [0.3, 0.4) is 0 Å². The monoisotopic (exact) mass is 241 g/mol. The Balaban J connectivity index is 2.89. The van der Waals surface area contributed by atoms with Crippen LogP contribution < -0.4 is 5.32 Å². The first kappa shape index (κ1) is 10.2. The summed E-state index contributed by atoms with van der Waals surface area (Å²) in [5, 5.41) is 2.89. The van der Waals surface area contributed by atoms with Crippen molar-refractivity contribution in [3.8, 4) is 11.8 Å². The third kappa shape index (κ3) is 3.17. The quantitative estimate of drug-likeness (QED) is 0.744. The summed E-state index contributed by atoms with van der Waals surface area (Å²) in [6.07, 6.45) is 0. The maximum Gasteiger partial charge on any atom is 0.124 e. The summed E-state index contributed by atoms with van der Waals surface area (Å²) >= 11 is 3.29. The Kier molecular flexibility index (Phi) is 3.94. The Morgan fingerprint density at radius 3 is 3.00 bits per heavy atom. The average Bonchev–Trinajstić information content (AvgIpc) is 2.11. The minimum absolute atomic E-state index is 0.267. The predicted octanol–water partition coefficient (Wildman–Crippen LogP) is 2.16. The highest BCUT2D eigenvalue weighted by molar-refractivity contribution is 9.10. The van der Waals surface area contributed by atoms with Gasteiger partial charge in [-0.3, -0.25) is 0 Å². The zero-order chi connectivity index (χ0) is 9.68. The molecule has 1 N–H and O–H groups in total. The van der Waals surface area contributed by atoms with Crippen LogP contribution in [0.25, 0.3) is 0 Å². The second-order valence-electron chi connectivity index (χ2n) is 2.46. The summed E-state index contributed by atoms with van der Waals surface area (Å²) < 4.78 is 13.6. The first-order chi connectivity index (χ1) is 6.24. The Morgan fingerprint density at radius 1 is 1.54 bits per heavy atom. The molecule has 1 rings (SSSR count). The molecule has 1 aromatic rings. The number of benzene rings is 1. The van der Waals surface area contributed by atoms with Gasteiger partial charge in [0.25, 0.3) is 0 Å². The molecule has 0 aliphatic carbocycles. The van der Waals surface area contributed by atoms with Crippen LogP contribution in [0, 0.1) is 17.7 Å². The minimum Gasteiger partial charge on any atom is -0.309 e.